The predicted molar refractivity (Wildman–Crippen MR) is 39.9 cm³/mol. The van der Waals surface area contributed by atoms with E-state index in [-0.39, 0.29) is 0 Å². The number of nitrogen functional groups attached to an aromatic ring is 1. The number of hydrogen-bond acceptors (Lipinski definition) is 2. The normalized spacial score (nSPS) is 12.9. The van der Waals surface area contributed by atoms with Crippen LogP contribution in [-0.2, 0) is 11.1 Å². The quantitative estimate of drug-likeness (QED) is 0.469. The van der Waals surface area contributed by atoms with Gasteiger partial charge in [0.05, 0.1) is 4.90 Å². The number of hydrogen-bond donors (Lipinski definition) is 2. The van der Waals surface area contributed by atoms with Gasteiger partial charge in [0.15, 0.2) is 11.1 Å². The van der Waals surface area contributed by atoms with Gasteiger partial charge in [-0.1, -0.05) is 0 Å². The number of nitrogens with two attached hydrogens (primary N) is 1. The number of rotatable bonds is 1. The summed E-state index contributed by atoms with van der Waals surface area (Å²) in [5.41, 5.74) is 5.94. The van der Waals surface area contributed by atoms with Crippen LogP contribution in [0.15, 0.2) is 29.2 Å². The Bertz CT molecular complexity index is 244. The molecular weight excluding hydrogens is 150 g/mol. The van der Waals surface area contributed by atoms with Crippen LogP contribution < -0.4 is 5.73 Å². The molecular formula is C6H7NO2S. The van der Waals surface area contributed by atoms with Crippen molar-refractivity contribution in [3.8, 4) is 0 Å². The molecule has 0 saturated carbocycles. The molecule has 1 aromatic rings. The van der Waals surface area contributed by atoms with Gasteiger partial charge < -0.3 is 10.3 Å². The molecule has 1 aromatic carbocycles. The highest BCUT2D eigenvalue weighted by Gasteiger charge is 1.95. The maximum absolute atomic E-state index is 10.4. The van der Waals surface area contributed by atoms with E-state index in [4.69, 9.17) is 10.3 Å². The Morgan fingerprint density at radius 1 is 1.30 bits per heavy atom. The summed E-state index contributed by atoms with van der Waals surface area (Å²) in [6.45, 7) is 0. The van der Waals surface area contributed by atoms with Crippen LogP contribution in [-0.4, -0.2) is 8.76 Å². The molecule has 3 nitrogen and oxygen atoms in total. The van der Waals surface area contributed by atoms with Gasteiger partial charge in [-0.2, -0.15) is 0 Å². The van der Waals surface area contributed by atoms with E-state index in [9.17, 15) is 4.21 Å². The highest BCUT2D eigenvalue weighted by molar-refractivity contribution is 7.79. The van der Waals surface area contributed by atoms with Gasteiger partial charge >= 0.3 is 0 Å². The van der Waals surface area contributed by atoms with Crippen molar-refractivity contribution in [1.29, 1.82) is 0 Å². The zero-order chi connectivity index (χ0) is 7.56. The van der Waals surface area contributed by atoms with Gasteiger partial charge in [0, 0.05) is 5.69 Å². The van der Waals surface area contributed by atoms with Crippen molar-refractivity contribution in [1.82, 2.24) is 0 Å². The van der Waals surface area contributed by atoms with Gasteiger partial charge in [0.2, 0.25) is 0 Å². The molecule has 3 N–H and O–H groups in total. The molecule has 0 aliphatic carbocycles. The van der Waals surface area contributed by atoms with Crippen molar-refractivity contribution in [2.45, 2.75) is 4.90 Å². The van der Waals surface area contributed by atoms with Gasteiger partial charge in [-0.05, 0) is 24.3 Å². The smallest absolute Gasteiger partial charge is 0.186 e. The molecule has 1 atom stereocenters. The first-order valence-corrected chi connectivity index (χ1v) is 3.77. The van der Waals surface area contributed by atoms with E-state index < -0.39 is 11.1 Å². The third-order valence-electron chi connectivity index (χ3n) is 1.08. The Hall–Kier alpha value is -0.870. The summed E-state index contributed by atoms with van der Waals surface area (Å²) < 4.78 is 18.9. The van der Waals surface area contributed by atoms with Gasteiger partial charge in [-0.15, -0.1) is 0 Å². The Kier molecular flexibility index (Phi) is 2.03. The van der Waals surface area contributed by atoms with Crippen molar-refractivity contribution >= 4 is 16.8 Å². The summed E-state index contributed by atoms with van der Waals surface area (Å²) in [4.78, 5) is 0.370. The van der Waals surface area contributed by atoms with Gasteiger partial charge in [0.1, 0.15) is 0 Å². The fraction of sp³-hybridized carbons (Fsp3) is 0. The van der Waals surface area contributed by atoms with Crippen molar-refractivity contribution in [2.24, 2.45) is 0 Å². The standard InChI is InChI=1S/C6H7NO2S/c7-5-1-3-6(4-2-5)10(8)9/h1-4H,7H2,(H,8,9). The zero-order valence-electron chi connectivity index (χ0n) is 5.15. The summed E-state index contributed by atoms with van der Waals surface area (Å²) >= 11 is -1.89. The predicted octanol–water partition coefficient (Wildman–Crippen LogP) is 0.849. The third-order valence-corrected chi connectivity index (χ3v) is 1.76. The summed E-state index contributed by atoms with van der Waals surface area (Å²) in [6.07, 6.45) is 0. The summed E-state index contributed by atoms with van der Waals surface area (Å²) in [5.74, 6) is 0. The lowest BCUT2D eigenvalue weighted by molar-refractivity contribution is 0.564. The third kappa shape index (κ3) is 1.55. The molecule has 0 amide bonds. The number of benzene rings is 1. The molecule has 4 heteroatoms. The lowest BCUT2D eigenvalue weighted by Crippen LogP contribution is -1.89. The Morgan fingerprint density at radius 2 is 1.80 bits per heavy atom. The van der Waals surface area contributed by atoms with E-state index in [1.54, 1.807) is 12.1 Å². The maximum atomic E-state index is 10.4. The Morgan fingerprint density at radius 3 is 2.20 bits per heavy atom. The highest BCUT2D eigenvalue weighted by atomic mass is 32.2. The second-order valence-corrected chi connectivity index (χ2v) is 2.79. The van der Waals surface area contributed by atoms with Crippen LogP contribution in [0.4, 0.5) is 5.69 Å². The van der Waals surface area contributed by atoms with Crippen molar-refractivity contribution in [3.05, 3.63) is 24.3 Å². The maximum Gasteiger partial charge on any atom is 0.186 e. The fourth-order valence-electron chi connectivity index (χ4n) is 0.584. The van der Waals surface area contributed by atoms with Gasteiger partial charge in [-0.3, -0.25) is 0 Å². The Labute approximate surface area is 61.1 Å². The van der Waals surface area contributed by atoms with Gasteiger partial charge in [-0.25, -0.2) is 4.21 Å². The number of anilines is 1. The minimum Gasteiger partial charge on any atom is -0.399 e. The largest absolute Gasteiger partial charge is 0.399 e. The summed E-state index contributed by atoms with van der Waals surface area (Å²) in [7, 11) is 0. The minimum atomic E-state index is -1.89. The molecule has 0 aromatic heterocycles. The van der Waals surface area contributed by atoms with Crippen molar-refractivity contribution in [3.63, 3.8) is 0 Å². The summed E-state index contributed by atoms with van der Waals surface area (Å²) in [6, 6.07) is 6.21. The molecule has 0 radical (unpaired) electrons. The van der Waals surface area contributed by atoms with E-state index in [0.717, 1.165) is 0 Å². The summed E-state index contributed by atoms with van der Waals surface area (Å²) in [5, 5.41) is 0. The van der Waals surface area contributed by atoms with Crippen LogP contribution in [0.3, 0.4) is 0 Å². The SMILES string of the molecule is Nc1ccc(S(=O)O)cc1. The highest BCUT2D eigenvalue weighted by Crippen LogP contribution is 2.07. The van der Waals surface area contributed by atoms with Crippen LogP contribution in [0.5, 0.6) is 0 Å². The van der Waals surface area contributed by atoms with E-state index in [0.29, 0.717) is 10.6 Å². The van der Waals surface area contributed by atoms with E-state index in [1.807, 2.05) is 0 Å². The molecule has 0 aliphatic rings. The second-order valence-electron chi connectivity index (χ2n) is 1.82. The molecule has 0 fully saturated rings. The molecule has 0 saturated heterocycles. The lowest BCUT2D eigenvalue weighted by atomic mass is 10.3. The average Bonchev–Trinajstić information content (AvgIpc) is 1.88. The first kappa shape index (κ1) is 7.24. The van der Waals surface area contributed by atoms with E-state index >= 15 is 0 Å². The monoisotopic (exact) mass is 157 g/mol. The fourth-order valence-corrected chi connectivity index (χ4v) is 0.953. The van der Waals surface area contributed by atoms with Crippen molar-refractivity contribution in [2.75, 3.05) is 5.73 Å². The molecule has 1 rings (SSSR count). The first-order chi connectivity index (χ1) is 4.70. The van der Waals surface area contributed by atoms with Crippen LogP contribution in [0.25, 0.3) is 0 Å². The molecule has 0 spiro atoms. The van der Waals surface area contributed by atoms with Gasteiger partial charge in [0.25, 0.3) is 0 Å². The van der Waals surface area contributed by atoms with E-state index in [2.05, 4.69) is 0 Å². The molecule has 0 aliphatic heterocycles. The van der Waals surface area contributed by atoms with Crippen LogP contribution >= 0.6 is 0 Å². The van der Waals surface area contributed by atoms with Crippen LogP contribution in [0, 0.1) is 0 Å². The lowest BCUT2D eigenvalue weighted by Gasteiger charge is -1.93. The molecule has 54 valence electrons. The minimum absolute atomic E-state index is 0.370. The molecule has 1 unspecified atom stereocenters. The second kappa shape index (κ2) is 2.81. The average molecular weight is 157 g/mol. The zero-order valence-corrected chi connectivity index (χ0v) is 5.97. The molecule has 0 bridgehead atoms. The topological polar surface area (TPSA) is 63.3 Å². The first-order valence-electron chi connectivity index (χ1n) is 2.66. The molecule has 10 heavy (non-hydrogen) atoms. The van der Waals surface area contributed by atoms with E-state index in [1.165, 1.54) is 12.1 Å². The Balaban J connectivity index is 3.00. The van der Waals surface area contributed by atoms with Crippen LogP contribution in [0.2, 0.25) is 0 Å². The van der Waals surface area contributed by atoms with Crippen molar-refractivity contribution < 1.29 is 8.76 Å². The molecule has 0 heterocycles. The van der Waals surface area contributed by atoms with Crippen LogP contribution in [0.1, 0.15) is 0 Å².